The minimum atomic E-state index is -0.497. The summed E-state index contributed by atoms with van der Waals surface area (Å²) in [6.45, 7) is 6.44. The molecular weight excluding hydrogens is 502 g/mol. The molecule has 3 aliphatic rings. The third-order valence-corrected chi connectivity index (χ3v) is 7.66. The van der Waals surface area contributed by atoms with Gasteiger partial charge >= 0.3 is 5.97 Å². The molecule has 3 fully saturated rings. The number of esters is 1. The van der Waals surface area contributed by atoms with Crippen LogP contribution in [0, 0.1) is 11.8 Å². The first-order valence-electron chi connectivity index (χ1n) is 13.9. The van der Waals surface area contributed by atoms with E-state index in [2.05, 4.69) is 26.2 Å². The summed E-state index contributed by atoms with van der Waals surface area (Å²) in [6.07, 6.45) is 8.90. The zero-order chi connectivity index (χ0) is 27.2. The van der Waals surface area contributed by atoms with E-state index in [4.69, 9.17) is 14.2 Å². The Bertz CT molecular complexity index is 1200. The number of carbonyl (C=O) groups is 2. The lowest BCUT2D eigenvalue weighted by molar-refractivity contribution is -0.143. The standard InChI is InChI=1S/C28H37N5O6/c1-2-37-26(35)19-33-18-22(5-6-25(33)34)30-27(36)21-4-3-9-32(17-21)24-14-23(15-29-16-24)31-10-7-20(8-11-31)28-38-12-13-39-28/h5-6,14-16,18,20-21,28H,2-4,7-13,17,19H2,1H3,(H,30,36)/t21-/m0/s1. The van der Waals surface area contributed by atoms with Gasteiger partial charge in [-0.1, -0.05) is 0 Å². The van der Waals surface area contributed by atoms with Crippen molar-refractivity contribution >= 4 is 28.9 Å². The van der Waals surface area contributed by atoms with Gasteiger partial charge in [-0.15, -0.1) is 0 Å². The number of nitrogens with zero attached hydrogens (tertiary/aromatic N) is 4. The monoisotopic (exact) mass is 539 g/mol. The van der Waals surface area contributed by atoms with E-state index < -0.39 is 5.97 Å². The van der Waals surface area contributed by atoms with Crippen LogP contribution < -0.4 is 20.7 Å². The Morgan fingerprint density at radius 2 is 1.79 bits per heavy atom. The molecule has 0 unspecified atom stereocenters. The molecule has 2 aromatic rings. The van der Waals surface area contributed by atoms with E-state index in [1.165, 1.54) is 16.8 Å². The lowest BCUT2D eigenvalue weighted by atomic mass is 9.95. The van der Waals surface area contributed by atoms with Gasteiger partial charge in [0.15, 0.2) is 6.29 Å². The van der Waals surface area contributed by atoms with Crippen molar-refractivity contribution in [3.05, 3.63) is 47.1 Å². The normalized spacial score (nSPS) is 20.7. The predicted molar refractivity (Wildman–Crippen MR) is 146 cm³/mol. The first kappa shape index (κ1) is 27.1. The molecule has 1 amide bonds. The van der Waals surface area contributed by atoms with Crippen LogP contribution >= 0.6 is 0 Å². The summed E-state index contributed by atoms with van der Waals surface area (Å²) >= 11 is 0. The fraction of sp³-hybridized carbons (Fsp3) is 0.571. The minimum Gasteiger partial charge on any atom is -0.465 e. The van der Waals surface area contributed by atoms with Gasteiger partial charge in [0.1, 0.15) is 6.54 Å². The van der Waals surface area contributed by atoms with Crippen molar-refractivity contribution in [3.63, 3.8) is 0 Å². The van der Waals surface area contributed by atoms with Crippen molar-refractivity contribution in [2.45, 2.75) is 45.4 Å². The number of hydrogen-bond acceptors (Lipinski definition) is 9. The lowest BCUT2D eigenvalue weighted by Crippen LogP contribution is -2.41. The molecule has 3 saturated heterocycles. The second-order valence-electron chi connectivity index (χ2n) is 10.3. The van der Waals surface area contributed by atoms with E-state index in [1.54, 1.807) is 13.0 Å². The molecule has 0 saturated carbocycles. The molecule has 0 aliphatic carbocycles. The summed E-state index contributed by atoms with van der Waals surface area (Å²) in [6, 6.07) is 5.07. The van der Waals surface area contributed by atoms with Crippen molar-refractivity contribution < 1.29 is 23.8 Å². The van der Waals surface area contributed by atoms with E-state index in [-0.39, 0.29) is 36.8 Å². The number of aromatic nitrogens is 2. The quantitative estimate of drug-likeness (QED) is 0.505. The first-order valence-corrected chi connectivity index (χ1v) is 13.9. The van der Waals surface area contributed by atoms with Crippen LogP contribution in [0.4, 0.5) is 17.1 Å². The lowest BCUT2D eigenvalue weighted by Gasteiger charge is -2.36. The molecule has 2 aromatic heterocycles. The van der Waals surface area contributed by atoms with Crippen molar-refractivity contribution in [1.29, 1.82) is 0 Å². The Hall–Kier alpha value is -3.44. The van der Waals surface area contributed by atoms with Gasteiger partial charge in [0.25, 0.3) is 5.56 Å². The molecule has 1 N–H and O–H groups in total. The van der Waals surface area contributed by atoms with Crippen LogP contribution in [0.5, 0.6) is 0 Å². The number of nitrogens with one attached hydrogen (secondary N) is 1. The van der Waals surface area contributed by atoms with Gasteiger partial charge in [-0.25, -0.2) is 0 Å². The smallest absolute Gasteiger partial charge is 0.326 e. The number of rotatable bonds is 8. The second-order valence-corrected chi connectivity index (χ2v) is 10.3. The van der Waals surface area contributed by atoms with Gasteiger partial charge in [0.2, 0.25) is 5.91 Å². The number of pyridine rings is 2. The van der Waals surface area contributed by atoms with Crippen LogP contribution in [0.2, 0.25) is 0 Å². The fourth-order valence-electron chi connectivity index (χ4n) is 5.59. The van der Waals surface area contributed by atoms with Crippen LogP contribution in [0.25, 0.3) is 0 Å². The minimum absolute atomic E-state index is 0.0611. The Kier molecular flexibility index (Phi) is 8.77. The van der Waals surface area contributed by atoms with E-state index in [9.17, 15) is 14.4 Å². The van der Waals surface area contributed by atoms with Crippen molar-refractivity contribution in [1.82, 2.24) is 9.55 Å². The van der Waals surface area contributed by atoms with Crippen LogP contribution in [-0.2, 0) is 30.3 Å². The summed E-state index contributed by atoms with van der Waals surface area (Å²) in [5.74, 6) is -0.382. The number of piperidine rings is 2. The van der Waals surface area contributed by atoms with E-state index in [1.807, 2.05) is 12.4 Å². The van der Waals surface area contributed by atoms with Crippen LogP contribution in [0.3, 0.4) is 0 Å². The molecular formula is C28H37N5O6. The highest BCUT2D eigenvalue weighted by atomic mass is 16.7. The fourth-order valence-corrected chi connectivity index (χ4v) is 5.59. The molecule has 3 aliphatic heterocycles. The van der Waals surface area contributed by atoms with Gasteiger partial charge in [-0.2, -0.15) is 0 Å². The Morgan fingerprint density at radius 1 is 1.05 bits per heavy atom. The Morgan fingerprint density at radius 3 is 2.54 bits per heavy atom. The summed E-state index contributed by atoms with van der Waals surface area (Å²) in [7, 11) is 0. The molecule has 0 spiro atoms. The molecule has 0 bridgehead atoms. The summed E-state index contributed by atoms with van der Waals surface area (Å²) in [5.41, 5.74) is 2.25. The predicted octanol–water partition coefficient (Wildman–Crippen LogP) is 2.25. The van der Waals surface area contributed by atoms with Gasteiger partial charge in [-0.05, 0) is 44.7 Å². The highest BCUT2D eigenvalue weighted by Gasteiger charge is 2.31. The summed E-state index contributed by atoms with van der Waals surface area (Å²) in [5, 5.41) is 2.93. The maximum absolute atomic E-state index is 13.2. The molecule has 210 valence electrons. The van der Waals surface area contributed by atoms with E-state index in [0.717, 1.165) is 56.7 Å². The Balaban J connectivity index is 1.18. The third-order valence-electron chi connectivity index (χ3n) is 7.66. The molecule has 1 atom stereocenters. The number of ether oxygens (including phenoxy) is 3. The average Bonchev–Trinajstić information content (AvgIpc) is 3.50. The van der Waals surface area contributed by atoms with Crippen molar-refractivity contribution in [2.75, 3.05) is 61.1 Å². The largest absolute Gasteiger partial charge is 0.465 e. The molecule has 0 radical (unpaired) electrons. The molecule has 0 aromatic carbocycles. The molecule has 5 heterocycles. The number of anilines is 3. The second kappa shape index (κ2) is 12.6. The topological polar surface area (TPSA) is 115 Å². The number of hydrogen-bond donors (Lipinski definition) is 1. The van der Waals surface area contributed by atoms with Crippen molar-refractivity contribution in [2.24, 2.45) is 11.8 Å². The highest BCUT2D eigenvalue weighted by molar-refractivity contribution is 5.93. The van der Waals surface area contributed by atoms with Gasteiger partial charge in [0, 0.05) is 44.4 Å². The van der Waals surface area contributed by atoms with Gasteiger partial charge in [0.05, 0.1) is 55.2 Å². The van der Waals surface area contributed by atoms with Gasteiger partial charge < -0.3 is 33.9 Å². The third kappa shape index (κ3) is 6.77. The average molecular weight is 540 g/mol. The van der Waals surface area contributed by atoms with Crippen LogP contribution in [0.1, 0.15) is 32.6 Å². The zero-order valence-corrected chi connectivity index (χ0v) is 22.4. The van der Waals surface area contributed by atoms with Crippen molar-refractivity contribution in [3.8, 4) is 0 Å². The summed E-state index contributed by atoms with van der Waals surface area (Å²) < 4.78 is 17.6. The van der Waals surface area contributed by atoms with E-state index >= 15 is 0 Å². The molecule has 11 heteroatoms. The van der Waals surface area contributed by atoms with Crippen LogP contribution in [0.15, 0.2) is 41.6 Å². The zero-order valence-electron chi connectivity index (χ0n) is 22.4. The summed E-state index contributed by atoms with van der Waals surface area (Å²) in [4.78, 5) is 46.2. The first-order chi connectivity index (χ1) is 19.0. The van der Waals surface area contributed by atoms with Gasteiger partial charge in [-0.3, -0.25) is 19.4 Å². The molecule has 11 nitrogen and oxygen atoms in total. The SMILES string of the molecule is CCOC(=O)Cn1cc(NC(=O)[C@H]2CCCN(c3cncc(N4CCC(C5OCCO5)CC4)c3)C2)ccc1=O. The maximum atomic E-state index is 13.2. The van der Waals surface area contributed by atoms with Crippen LogP contribution in [-0.4, -0.2) is 73.7 Å². The molecule has 39 heavy (non-hydrogen) atoms. The number of carbonyl (C=O) groups excluding carboxylic acids is 2. The highest BCUT2D eigenvalue weighted by Crippen LogP contribution is 2.31. The molecule has 5 rings (SSSR count). The van der Waals surface area contributed by atoms with E-state index in [0.29, 0.717) is 31.4 Å². The Labute approximate surface area is 228 Å². The maximum Gasteiger partial charge on any atom is 0.326 e. The number of amides is 1.